The third kappa shape index (κ3) is 6.00. The van der Waals surface area contributed by atoms with E-state index in [4.69, 9.17) is 0 Å². The van der Waals surface area contributed by atoms with E-state index < -0.39 is 0 Å². The van der Waals surface area contributed by atoms with Crippen LogP contribution in [0.2, 0.25) is 0 Å². The van der Waals surface area contributed by atoms with Crippen molar-refractivity contribution in [3.8, 4) is 22.6 Å². The Morgan fingerprint density at radius 2 is 1.24 bits per heavy atom. The highest BCUT2D eigenvalue weighted by atomic mass is 16.3. The summed E-state index contributed by atoms with van der Waals surface area (Å²) >= 11 is 0. The van der Waals surface area contributed by atoms with Crippen molar-refractivity contribution in [1.82, 2.24) is 0 Å². The first-order valence-corrected chi connectivity index (χ1v) is 8.82. The third-order valence-electron chi connectivity index (χ3n) is 4.03. The van der Waals surface area contributed by atoms with Crippen LogP contribution in [-0.4, -0.2) is 10.2 Å². The largest absolute Gasteiger partial charge is 0.508 e. The number of aromatic hydroxyl groups is 2. The van der Waals surface area contributed by atoms with E-state index in [-0.39, 0.29) is 0 Å². The fraction of sp³-hybridized carbons (Fsp3) is 0.217. The number of benzene rings is 3. The van der Waals surface area contributed by atoms with E-state index in [2.05, 4.69) is 6.92 Å². The monoisotopic (exact) mass is 334 g/mol. The SMILES string of the molecule is CCCCCc1ccccc1O.Oc1ccccc1-c1ccccc1. The number of phenolic OH excluding ortho intramolecular Hbond substituents is 2. The minimum absolute atomic E-state index is 0.328. The Balaban J connectivity index is 0.000000181. The summed E-state index contributed by atoms with van der Waals surface area (Å²) in [6.07, 6.45) is 4.65. The van der Waals surface area contributed by atoms with E-state index in [1.54, 1.807) is 12.1 Å². The van der Waals surface area contributed by atoms with E-state index in [1.807, 2.05) is 66.7 Å². The van der Waals surface area contributed by atoms with Gasteiger partial charge in [-0.15, -0.1) is 0 Å². The second kappa shape index (κ2) is 10.2. The number of hydrogen-bond donors (Lipinski definition) is 2. The summed E-state index contributed by atoms with van der Waals surface area (Å²) in [7, 11) is 0. The summed E-state index contributed by atoms with van der Waals surface area (Å²) in [5.74, 6) is 0.766. The molecule has 25 heavy (non-hydrogen) atoms. The molecule has 3 aromatic carbocycles. The number of phenols is 2. The molecule has 0 saturated carbocycles. The number of para-hydroxylation sites is 2. The Labute approximate surface area is 150 Å². The van der Waals surface area contributed by atoms with Crippen molar-refractivity contribution in [3.05, 3.63) is 84.4 Å². The van der Waals surface area contributed by atoms with Crippen LogP contribution in [0.4, 0.5) is 0 Å². The fourth-order valence-corrected chi connectivity index (χ4v) is 2.62. The molecule has 3 rings (SSSR count). The predicted octanol–water partition coefficient (Wildman–Crippen LogP) is 6.18. The van der Waals surface area contributed by atoms with Gasteiger partial charge in [0.2, 0.25) is 0 Å². The van der Waals surface area contributed by atoms with Crippen LogP contribution in [0.15, 0.2) is 78.9 Å². The van der Waals surface area contributed by atoms with Gasteiger partial charge < -0.3 is 10.2 Å². The van der Waals surface area contributed by atoms with E-state index in [0.717, 1.165) is 23.1 Å². The minimum atomic E-state index is 0.328. The van der Waals surface area contributed by atoms with Gasteiger partial charge in [0.05, 0.1) is 0 Å². The normalized spacial score (nSPS) is 9.96. The van der Waals surface area contributed by atoms with E-state index in [9.17, 15) is 10.2 Å². The Morgan fingerprint density at radius 3 is 1.88 bits per heavy atom. The maximum Gasteiger partial charge on any atom is 0.123 e. The summed E-state index contributed by atoms with van der Waals surface area (Å²) in [5, 5.41) is 19.0. The molecule has 0 fully saturated rings. The Bertz CT molecular complexity index is 751. The summed E-state index contributed by atoms with van der Waals surface area (Å²) < 4.78 is 0. The number of rotatable bonds is 5. The molecule has 0 radical (unpaired) electrons. The molecule has 0 saturated heterocycles. The number of unbranched alkanes of at least 4 members (excludes halogenated alkanes) is 2. The van der Waals surface area contributed by atoms with Gasteiger partial charge in [0.15, 0.2) is 0 Å². The smallest absolute Gasteiger partial charge is 0.123 e. The van der Waals surface area contributed by atoms with Crippen LogP contribution in [0, 0.1) is 0 Å². The van der Waals surface area contributed by atoms with Crippen molar-refractivity contribution in [2.45, 2.75) is 32.6 Å². The van der Waals surface area contributed by atoms with Gasteiger partial charge in [-0.05, 0) is 36.1 Å². The van der Waals surface area contributed by atoms with Crippen LogP contribution in [-0.2, 0) is 6.42 Å². The van der Waals surface area contributed by atoms with Crippen molar-refractivity contribution in [2.24, 2.45) is 0 Å². The van der Waals surface area contributed by atoms with Crippen molar-refractivity contribution >= 4 is 0 Å². The van der Waals surface area contributed by atoms with Crippen LogP contribution < -0.4 is 0 Å². The Kier molecular flexibility index (Phi) is 7.58. The van der Waals surface area contributed by atoms with Gasteiger partial charge in [-0.25, -0.2) is 0 Å². The molecule has 0 aliphatic carbocycles. The zero-order valence-electron chi connectivity index (χ0n) is 14.7. The standard InChI is InChI=1S/C12H10O.C11H16O/c13-12-9-5-4-8-11(12)10-6-2-1-3-7-10;1-2-3-4-7-10-8-5-6-9-11(10)12/h1-9,13H;5-6,8-9,12H,2-4,7H2,1H3. The highest BCUT2D eigenvalue weighted by Gasteiger charge is 2.00. The van der Waals surface area contributed by atoms with Gasteiger partial charge in [-0.3, -0.25) is 0 Å². The first-order valence-electron chi connectivity index (χ1n) is 8.82. The average molecular weight is 334 g/mol. The van der Waals surface area contributed by atoms with Crippen LogP contribution in [0.1, 0.15) is 31.7 Å². The zero-order valence-corrected chi connectivity index (χ0v) is 14.7. The maximum atomic E-state index is 9.56. The molecule has 130 valence electrons. The van der Waals surface area contributed by atoms with Gasteiger partial charge in [0.25, 0.3) is 0 Å². The van der Waals surface area contributed by atoms with Crippen LogP contribution >= 0.6 is 0 Å². The molecule has 0 heterocycles. The molecule has 0 aliphatic heterocycles. The lowest BCUT2D eigenvalue weighted by Gasteiger charge is -2.02. The number of aryl methyl sites for hydroxylation is 1. The molecule has 0 amide bonds. The molecule has 2 nitrogen and oxygen atoms in total. The molecule has 3 aromatic rings. The van der Waals surface area contributed by atoms with Gasteiger partial charge in [-0.2, -0.15) is 0 Å². The van der Waals surface area contributed by atoms with Crippen molar-refractivity contribution in [3.63, 3.8) is 0 Å². The lowest BCUT2D eigenvalue weighted by molar-refractivity contribution is 0.466. The zero-order chi connectivity index (χ0) is 17.9. The van der Waals surface area contributed by atoms with E-state index in [0.29, 0.717) is 11.5 Å². The van der Waals surface area contributed by atoms with Gasteiger partial charge in [0, 0.05) is 5.56 Å². The van der Waals surface area contributed by atoms with Crippen LogP contribution in [0.5, 0.6) is 11.5 Å². The third-order valence-corrected chi connectivity index (χ3v) is 4.03. The van der Waals surface area contributed by atoms with E-state index >= 15 is 0 Å². The molecule has 0 aliphatic rings. The van der Waals surface area contributed by atoms with Gasteiger partial charge in [0.1, 0.15) is 11.5 Å². The van der Waals surface area contributed by atoms with Gasteiger partial charge >= 0.3 is 0 Å². The van der Waals surface area contributed by atoms with Crippen LogP contribution in [0.25, 0.3) is 11.1 Å². The van der Waals surface area contributed by atoms with Crippen molar-refractivity contribution in [1.29, 1.82) is 0 Å². The summed E-state index contributed by atoms with van der Waals surface area (Å²) in [5.41, 5.74) is 3.00. The number of hydrogen-bond acceptors (Lipinski definition) is 2. The molecule has 0 spiro atoms. The lowest BCUT2D eigenvalue weighted by Crippen LogP contribution is -1.85. The lowest BCUT2D eigenvalue weighted by atomic mass is 10.1. The quantitative estimate of drug-likeness (QED) is 0.547. The molecule has 0 bridgehead atoms. The molecule has 0 unspecified atom stereocenters. The second-order valence-electron chi connectivity index (χ2n) is 5.97. The fourth-order valence-electron chi connectivity index (χ4n) is 2.62. The van der Waals surface area contributed by atoms with E-state index in [1.165, 1.54) is 19.3 Å². The highest BCUT2D eigenvalue weighted by molar-refractivity contribution is 5.69. The first-order chi connectivity index (χ1) is 12.2. The molecule has 2 N–H and O–H groups in total. The second-order valence-corrected chi connectivity index (χ2v) is 5.97. The summed E-state index contributed by atoms with van der Waals surface area (Å²) in [6, 6.07) is 24.8. The molecule has 0 aromatic heterocycles. The Hall–Kier alpha value is -2.74. The van der Waals surface area contributed by atoms with Crippen LogP contribution in [0.3, 0.4) is 0 Å². The molecule has 0 atom stereocenters. The minimum Gasteiger partial charge on any atom is -0.508 e. The van der Waals surface area contributed by atoms with Gasteiger partial charge in [-0.1, -0.05) is 86.5 Å². The molecular weight excluding hydrogens is 308 g/mol. The summed E-state index contributed by atoms with van der Waals surface area (Å²) in [6.45, 7) is 2.19. The highest BCUT2D eigenvalue weighted by Crippen LogP contribution is 2.27. The Morgan fingerprint density at radius 1 is 0.640 bits per heavy atom. The molecule has 2 heteroatoms. The maximum absolute atomic E-state index is 9.56. The average Bonchev–Trinajstić information content (AvgIpc) is 2.65. The predicted molar refractivity (Wildman–Crippen MR) is 105 cm³/mol. The first kappa shape index (κ1) is 18.6. The summed E-state index contributed by atoms with van der Waals surface area (Å²) in [4.78, 5) is 0. The topological polar surface area (TPSA) is 40.5 Å². The van der Waals surface area contributed by atoms with Crippen molar-refractivity contribution < 1.29 is 10.2 Å². The van der Waals surface area contributed by atoms with Crippen molar-refractivity contribution in [2.75, 3.05) is 0 Å². The molecular formula is C23H26O2.